The third-order valence-electron chi connectivity index (χ3n) is 3.34. The molecule has 3 N–H and O–H groups in total. The van der Waals surface area contributed by atoms with Crippen LogP contribution in [0.15, 0.2) is 34.9 Å². The van der Waals surface area contributed by atoms with Crippen LogP contribution in [0.3, 0.4) is 0 Å². The lowest BCUT2D eigenvalue weighted by Gasteiger charge is -2.24. The largest absolute Gasteiger partial charge is 0.359 e. The van der Waals surface area contributed by atoms with E-state index in [-0.39, 0.29) is 17.6 Å². The number of nitrogens with two attached hydrogens (primary N) is 1. The summed E-state index contributed by atoms with van der Waals surface area (Å²) in [6, 6.07) is 7.97. The quantitative estimate of drug-likeness (QED) is 0.497. The van der Waals surface area contributed by atoms with Crippen molar-refractivity contribution in [3.63, 3.8) is 0 Å². The van der Waals surface area contributed by atoms with Crippen LogP contribution >= 0.6 is 0 Å². The van der Waals surface area contributed by atoms with Crippen molar-refractivity contribution in [1.82, 2.24) is 15.5 Å². The Balaban J connectivity index is 2.07. The highest BCUT2D eigenvalue weighted by Gasteiger charge is 2.18. The minimum Gasteiger partial charge on any atom is -0.359 e. The Morgan fingerprint density at radius 2 is 2.24 bits per heavy atom. The molecule has 0 spiro atoms. The van der Waals surface area contributed by atoms with Crippen molar-refractivity contribution in [1.29, 1.82) is 0 Å². The van der Waals surface area contributed by atoms with Gasteiger partial charge in [-0.1, -0.05) is 23.4 Å². The van der Waals surface area contributed by atoms with E-state index in [1.807, 2.05) is 24.3 Å². The maximum Gasteiger partial charge on any atom is 0.287 e. The van der Waals surface area contributed by atoms with Crippen LogP contribution in [0.4, 0.5) is 4.39 Å². The summed E-state index contributed by atoms with van der Waals surface area (Å²) in [4.78, 5) is 13.2. The lowest BCUT2D eigenvalue weighted by molar-refractivity contribution is 0.0944. The predicted molar refractivity (Wildman–Crippen MR) is 74.4 cm³/mol. The predicted octanol–water partition coefficient (Wildman–Crippen LogP) is 1.61. The van der Waals surface area contributed by atoms with Crippen molar-refractivity contribution in [3.05, 3.63) is 53.2 Å². The van der Waals surface area contributed by atoms with Crippen LogP contribution in [0.5, 0.6) is 0 Å². The molecule has 0 saturated carbocycles. The number of rotatable bonds is 5. The molecule has 7 heteroatoms. The fourth-order valence-electron chi connectivity index (χ4n) is 2.00. The van der Waals surface area contributed by atoms with Crippen LogP contribution < -0.4 is 11.3 Å². The molecule has 1 aromatic heterocycles. The highest BCUT2D eigenvalue weighted by atomic mass is 19.1. The average Bonchev–Trinajstić information content (AvgIpc) is 2.94. The van der Waals surface area contributed by atoms with Gasteiger partial charge in [0.2, 0.25) is 0 Å². The smallest absolute Gasteiger partial charge is 0.287 e. The Morgan fingerprint density at radius 1 is 1.52 bits per heavy atom. The molecule has 2 rings (SSSR count). The van der Waals surface area contributed by atoms with Crippen molar-refractivity contribution < 1.29 is 13.7 Å². The average molecular weight is 292 g/mol. The maximum atomic E-state index is 13.8. The van der Waals surface area contributed by atoms with Gasteiger partial charge in [0.05, 0.1) is 6.54 Å². The number of nitrogens with zero attached hydrogens (tertiary/aromatic N) is 2. The Labute approximate surface area is 121 Å². The van der Waals surface area contributed by atoms with Gasteiger partial charge in [-0.25, -0.2) is 10.2 Å². The minimum atomic E-state index is -0.519. The molecule has 1 unspecified atom stereocenters. The molecule has 1 atom stereocenters. The first-order valence-corrected chi connectivity index (χ1v) is 6.44. The molecular weight excluding hydrogens is 275 g/mol. The summed E-state index contributed by atoms with van der Waals surface area (Å²) in [6.07, 6.45) is 0. The lowest BCUT2D eigenvalue weighted by Crippen LogP contribution is -2.30. The van der Waals surface area contributed by atoms with Gasteiger partial charge in [-0.3, -0.25) is 15.1 Å². The standard InChI is InChI=1S/C14H17FN4O2/c1-9(11-5-3-4-6-12(11)15)19(2)8-10-7-13(18-21-10)14(20)17-16/h3-7,9H,8,16H2,1-2H3,(H,17,20). The van der Waals surface area contributed by atoms with Crippen LogP contribution in [0.2, 0.25) is 0 Å². The van der Waals surface area contributed by atoms with E-state index < -0.39 is 5.91 Å². The second kappa shape index (κ2) is 6.47. The summed E-state index contributed by atoms with van der Waals surface area (Å²) >= 11 is 0. The first kappa shape index (κ1) is 15.1. The second-order valence-corrected chi connectivity index (χ2v) is 4.76. The molecular formula is C14H17FN4O2. The van der Waals surface area contributed by atoms with Crippen molar-refractivity contribution in [2.24, 2.45) is 5.84 Å². The summed E-state index contributed by atoms with van der Waals surface area (Å²) < 4.78 is 18.8. The Kier molecular flexibility index (Phi) is 4.66. The SMILES string of the molecule is CC(c1ccccc1F)N(C)Cc1cc(C(=O)NN)no1. The van der Waals surface area contributed by atoms with Crippen molar-refractivity contribution >= 4 is 5.91 Å². The van der Waals surface area contributed by atoms with E-state index in [1.165, 1.54) is 12.1 Å². The van der Waals surface area contributed by atoms with Crippen molar-refractivity contribution in [2.75, 3.05) is 7.05 Å². The molecule has 0 aliphatic rings. The highest BCUT2D eigenvalue weighted by Crippen LogP contribution is 2.23. The Bertz CT molecular complexity index is 629. The van der Waals surface area contributed by atoms with Gasteiger partial charge in [-0.15, -0.1) is 0 Å². The van der Waals surface area contributed by atoms with E-state index in [1.54, 1.807) is 18.2 Å². The number of nitrogens with one attached hydrogen (secondary N) is 1. The molecule has 21 heavy (non-hydrogen) atoms. The zero-order valence-corrected chi connectivity index (χ0v) is 11.8. The Hall–Kier alpha value is -2.25. The minimum absolute atomic E-state index is 0.111. The zero-order chi connectivity index (χ0) is 15.4. The van der Waals surface area contributed by atoms with Crippen LogP contribution in [0.1, 0.15) is 34.8 Å². The monoisotopic (exact) mass is 292 g/mol. The number of amides is 1. The van der Waals surface area contributed by atoms with Gasteiger partial charge in [-0.2, -0.15) is 0 Å². The lowest BCUT2D eigenvalue weighted by atomic mass is 10.1. The fourth-order valence-corrected chi connectivity index (χ4v) is 2.00. The van der Waals surface area contributed by atoms with E-state index in [9.17, 15) is 9.18 Å². The van der Waals surface area contributed by atoms with Gasteiger partial charge in [0, 0.05) is 17.7 Å². The number of hydrogen-bond donors (Lipinski definition) is 2. The number of aromatic nitrogens is 1. The first-order chi connectivity index (χ1) is 10.0. The number of halogens is 1. The number of carbonyl (C=O) groups is 1. The third-order valence-corrected chi connectivity index (χ3v) is 3.34. The third kappa shape index (κ3) is 3.45. The summed E-state index contributed by atoms with van der Waals surface area (Å²) in [5.41, 5.74) is 2.69. The van der Waals surface area contributed by atoms with E-state index >= 15 is 0 Å². The zero-order valence-electron chi connectivity index (χ0n) is 11.8. The number of benzene rings is 1. The second-order valence-electron chi connectivity index (χ2n) is 4.76. The van der Waals surface area contributed by atoms with E-state index in [0.29, 0.717) is 17.9 Å². The molecule has 2 aromatic rings. The van der Waals surface area contributed by atoms with Gasteiger partial charge in [-0.05, 0) is 20.0 Å². The number of carbonyl (C=O) groups excluding carboxylic acids is 1. The summed E-state index contributed by atoms with van der Waals surface area (Å²) in [7, 11) is 1.84. The van der Waals surface area contributed by atoms with Gasteiger partial charge in [0.15, 0.2) is 11.5 Å². The van der Waals surface area contributed by atoms with E-state index in [2.05, 4.69) is 5.16 Å². The molecule has 1 amide bonds. The molecule has 112 valence electrons. The van der Waals surface area contributed by atoms with E-state index in [0.717, 1.165) is 0 Å². The molecule has 0 fully saturated rings. The highest BCUT2D eigenvalue weighted by molar-refractivity contribution is 5.91. The van der Waals surface area contributed by atoms with Gasteiger partial charge < -0.3 is 4.52 Å². The summed E-state index contributed by atoms with van der Waals surface area (Å²) in [6.45, 7) is 2.28. The van der Waals surface area contributed by atoms with E-state index in [4.69, 9.17) is 10.4 Å². The topological polar surface area (TPSA) is 84.4 Å². The molecule has 0 aliphatic heterocycles. The van der Waals surface area contributed by atoms with Crippen LogP contribution in [-0.2, 0) is 6.54 Å². The molecule has 0 saturated heterocycles. The Morgan fingerprint density at radius 3 is 2.90 bits per heavy atom. The number of hydrazine groups is 1. The molecule has 6 nitrogen and oxygen atoms in total. The van der Waals surface area contributed by atoms with Gasteiger partial charge in [0.1, 0.15) is 5.82 Å². The molecule has 0 aliphatic carbocycles. The fraction of sp³-hybridized carbons (Fsp3) is 0.286. The van der Waals surface area contributed by atoms with Gasteiger partial charge in [0.25, 0.3) is 5.91 Å². The van der Waals surface area contributed by atoms with Gasteiger partial charge >= 0.3 is 0 Å². The van der Waals surface area contributed by atoms with Crippen LogP contribution in [0, 0.1) is 5.82 Å². The number of hydrogen-bond acceptors (Lipinski definition) is 5. The molecule has 1 aromatic carbocycles. The molecule has 0 radical (unpaired) electrons. The summed E-state index contributed by atoms with van der Waals surface area (Å²) in [5, 5.41) is 3.62. The summed E-state index contributed by atoms with van der Waals surface area (Å²) in [5.74, 6) is 4.75. The molecule has 1 heterocycles. The van der Waals surface area contributed by atoms with Crippen molar-refractivity contribution in [2.45, 2.75) is 19.5 Å². The number of nitrogen functional groups attached to an aromatic ring is 1. The van der Waals surface area contributed by atoms with Crippen LogP contribution in [-0.4, -0.2) is 23.0 Å². The first-order valence-electron chi connectivity index (χ1n) is 6.44. The maximum absolute atomic E-state index is 13.8. The molecule has 0 bridgehead atoms. The van der Waals surface area contributed by atoms with Crippen molar-refractivity contribution in [3.8, 4) is 0 Å². The van der Waals surface area contributed by atoms with Crippen LogP contribution in [0.25, 0.3) is 0 Å². The normalized spacial score (nSPS) is 12.4.